The number of amides is 3. The molecule has 4 heterocycles. The van der Waals surface area contributed by atoms with E-state index in [1.54, 1.807) is 13.0 Å². The Kier molecular flexibility index (Phi) is 9.05. The Balaban J connectivity index is 1.21. The molecule has 2 aromatic heterocycles. The molecule has 2 aliphatic heterocycles. The van der Waals surface area contributed by atoms with E-state index < -0.39 is 29.3 Å². The number of alkyl halides is 2. The minimum Gasteiger partial charge on any atom is -0.371 e. The average Bonchev–Trinajstić information content (AvgIpc) is 3.68. The summed E-state index contributed by atoms with van der Waals surface area (Å²) in [5.74, 6) is -3.87. The lowest BCUT2D eigenvalue weighted by Gasteiger charge is -2.37. The van der Waals surface area contributed by atoms with Crippen LogP contribution in [0.4, 0.5) is 14.6 Å². The second-order valence-corrected chi connectivity index (χ2v) is 12.1. The van der Waals surface area contributed by atoms with Gasteiger partial charge in [0.05, 0.1) is 23.5 Å². The molecule has 1 saturated heterocycles. The summed E-state index contributed by atoms with van der Waals surface area (Å²) in [5, 5.41) is 5.61. The SMILES string of the molecule is CC(NC(=O)C1=N/C=C=CC/C(N2CCN(C(=O)C3CC3)CC2)=C\1)c1ncc(C(=O)Nc2cc(C(C)(F)F)c(Cl)cn2)s1. The maximum absolute atomic E-state index is 13.8. The zero-order valence-electron chi connectivity index (χ0n) is 23.6. The van der Waals surface area contributed by atoms with Crippen LogP contribution in [0.1, 0.15) is 59.4 Å². The first-order valence-electron chi connectivity index (χ1n) is 13.8. The number of rotatable bonds is 8. The van der Waals surface area contributed by atoms with Crippen molar-refractivity contribution >= 4 is 52.2 Å². The number of hydrogen-bond acceptors (Lipinski definition) is 8. The fraction of sp³-hybridized carbons (Fsp3) is 0.414. The van der Waals surface area contributed by atoms with E-state index in [1.165, 1.54) is 12.4 Å². The van der Waals surface area contributed by atoms with Crippen molar-refractivity contribution in [1.29, 1.82) is 0 Å². The van der Waals surface area contributed by atoms with Crippen LogP contribution in [0, 0.1) is 5.92 Å². The van der Waals surface area contributed by atoms with Gasteiger partial charge < -0.3 is 20.4 Å². The normalized spacial score (nSPS) is 20.3. The van der Waals surface area contributed by atoms with Crippen LogP contribution in [0.25, 0.3) is 0 Å². The summed E-state index contributed by atoms with van der Waals surface area (Å²) in [6.07, 6.45) is 9.97. The van der Waals surface area contributed by atoms with Gasteiger partial charge >= 0.3 is 0 Å². The highest BCUT2D eigenvalue weighted by Gasteiger charge is 2.35. The Morgan fingerprint density at radius 1 is 1.14 bits per heavy atom. The van der Waals surface area contributed by atoms with Gasteiger partial charge in [0.2, 0.25) is 5.91 Å². The van der Waals surface area contributed by atoms with Crippen LogP contribution >= 0.6 is 22.9 Å². The minimum absolute atomic E-state index is 0.0786. The molecule has 3 amide bonds. The minimum atomic E-state index is -3.21. The number of carbonyl (C=O) groups is 3. The van der Waals surface area contributed by atoms with Crippen molar-refractivity contribution in [3.63, 3.8) is 0 Å². The van der Waals surface area contributed by atoms with Crippen LogP contribution in [0.15, 0.2) is 53.2 Å². The van der Waals surface area contributed by atoms with E-state index in [0.29, 0.717) is 44.5 Å². The summed E-state index contributed by atoms with van der Waals surface area (Å²) >= 11 is 6.88. The molecule has 0 bridgehead atoms. The Morgan fingerprint density at radius 3 is 2.58 bits per heavy atom. The molecule has 0 spiro atoms. The number of anilines is 1. The van der Waals surface area contributed by atoms with E-state index >= 15 is 0 Å². The van der Waals surface area contributed by atoms with E-state index in [-0.39, 0.29) is 33.3 Å². The lowest BCUT2D eigenvalue weighted by Crippen LogP contribution is -2.48. The molecule has 2 aromatic rings. The van der Waals surface area contributed by atoms with Crippen molar-refractivity contribution in [1.82, 2.24) is 25.1 Å². The summed E-state index contributed by atoms with van der Waals surface area (Å²) in [4.78, 5) is 55.2. The summed E-state index contributed by atoms with van der Waals surface area (Å²) in [6.45, 7) is 5.06. The zero-order chi connectivity index (χ0) is 30.7. The maximum Gasteiger partial charge on any atom is 0.272 e. The van der Waals surface area contributed by atoms with Crippen molar-refractivity contribution in [2.75, 3.05) is 31.5 Å². The van der Waals surface area contributed by atoms with Gasteiger partial charge in [0, 0.05) is 62.9 Å². The number of hydrogen-bond donors (Lipinski definition) is 2. The number of nitrogens with one attached hydrogen (secondary N) is 2. The van der Waals surface area contributed by atoms with Gasteiger partial charge in [-0.1, -0.05) is 11.6 Å². The smallest absolute Gasteiger partial charge is 0.272 e. The zero-order valence-corrected chi connectivity index (χ0v) is 25.1. The number of carbonyl (C=O) groups excluding carboxylic acids is 3. The highest BCUT2D eigenvalue weighted by atomic mass is 35.5. The maximum atomic E-state index is 13.8. The molecule has 1 aliphatic carbocycles. The third-order valence-corrected chi connectivity index (χ3v) is 8.68. The molecule has 2 N–H and O–H groups in total. The lowest BCUT2D eigenvalue weighted by molar-refractivity contribution is -0.134. The van der Waals surface area contributed by atoms with Crippen LogP contribution in [0.3, 0.4) is 0 Å². The second kappa shape index (κ2) is 12.7. The molecule has 14 heteroatoms. The Morgan fingerprint density at radius 2 is 1.88 bits per heavy atom. The topological polar surface area (TPSA) is 120 Å². The summed E-state index contributed by atoms with van der Waals surface area (Å²) < 4.78 is 27.6. The molecule has 43 heavy (non-hydrogen) atoms. The average molecular weight is 630 g/mol. The van der Waals surface area contributed by atoms with Gasteiger partial charge in [0.25, 0.3) is 17.7 Å². The number of aliphatic imine (C=N–C) groups is 1. The summed E-state index contributed by atoms with van der Waals surface area (Å²) in [5.41, 5.74) is 3.63. The highest BCUT2D eigenvalue weighted by Crippen LogP contribution is 2.34. The molecule has 226 valence electrons. The van der Waals surface area contributed by atoms with Crippen LogP contribution in [0.2, 0.25) is 5.02 Å². The molecule has 0 aromatic carbocycles. The predicted octanol–water partition coefficient (Wildman–Crippen LogP) is 4.68. The molecular formula is C29H30ClF2N7O3S. The van der Waals surface area contributed by atoms with Crippen molar-refractivity contribution in [3.8, 4) is 0 Å². The predicted molar refractivity (Wildman–Crippen MR) is 159 cm³/mol. The first-order valence-corrected chi connectivity index (χ1v) is 15.0. The standard InChI is InChI=1S/C29H30ClF2N7O3S/c1-17(27-35-16-23(43-27)26(41)37-24-14-20(29(2,31)32)21(30)15-34-24)36-25(40)22-13-19(5-3-4-8-33-22)38-9-11-39(12-10-38)28(42)18-6-7-18/h3,8,13-18H,5-7,9-12H2,1-2H3,(H,36,40)(H,34,37,41)/b19-13+,33-22+. The van der Waals surface area contributed by atoms with Crippen molar-refractivity contribution in [2.24, 2.45) is 10.9 Å². The first-order chi connectivity index (χ1) is 20.5. The number of piperazine rings is 1. The first kappa shape index (κ1) is 30.5. The summed E-state index contributed by atoms with van der Waals surface area (Å²) in [7, 11) is 0. The van der Waals surface area contributed by atoms with Gasteiger partial charge in [-0.25, -0.2) is 23.7 Å². The molecule has 3 aliphatic rings. The third kappa shape index (κ3) is 7.54. The third-order valence-electron chi connectivity index (χ3n) is 7.20. The molecule has 5 rings (SSSR count). The number of aromatic nitrogens is 2. The molecule has 1 saturated carbocycles. The highest BCUT2D eigenvalue weighted by molar-refractivity contribution is 7.13. The number of halogens is 3. The fourth-order valence-corrected chi connectivity index (χ4v) is 5.76. The Bertz CT molecular complexity index is 1550. The number of pyridine rings is 1. The van der Waals surface area contributed by atoms with Gasteiger partial charge in [0.15, 0.2) is 0 Å². The van der Waals surface area contributed by atoms with Crippen LogP contribution in [-0.4, -0.2) is 69.4 Å². The molecular weight excluding hydrogens is 600 g/mol. The number of allylic oxidation sites excluding steroid dienone is 1. The monoisotopic (exact) mass is 629 g/mol. The molecule has 2 fully saturated rings. The van der Waals surface area contributed by atoms with E-state index in [1.807, 2.05) is 11.0 Å². The van der Waals surface area contributed by atoms with Gasteiger partial charge in [0.1, 0.15) is 21.4 Å². The van der Waals surface area contributed by atoms with Crippen molar-refractivity contribution < 1.29 is 23.2 Å². The van der Waals surface area contributed by atoms with Gasteiger partial charge in [-0.3, -0.25) is 14.4 Å². The Hall–Kier alpha value is -3.93. The summed E-state index contributed by atoms with van der Waals surface area (Å²) in [6, 6.07) is 0.472. The van der Waals surface area contributed by atoms with E-state index in [9.17, 15) is 23.2 Å². The largest absolute Gasteiger partial charge is 0.371 e. The molecule has 0 radical (unpaired) electrons. The lowest BCUT2D eigenvalue weighted by atomic mass is 10.1. The van der Waals surface area contributed by atoms with E-state index in [0.717, 1.165) is 42.1 Å². The van der Waals surface area contributed by atoms with E-state index in [2.05, 4.69) is 36.2 Å². The number of nitrogens with zero attached hydrogens (tertiary/aromatic N) is 5. The van der Waals surface area contributed by atoms with Gasteiger partial charge in [-0.2, -0.15) is 0 Å². The van der Waals surface area contributed by atoms with Gasteiger partial charge in [-0.15, -0.1) is 17.1 Å². The quantitative estimate of drug-likeness (QED) is 0.409. The van der Waals surface area contributed by atoms with Crippen molar-refractivity contribution in [2.45, 2.75) is 45.1 Å². The fourth-order valence-electron chi connectivity index (χ4n) is 4.67. The molecule has 10 nitrogen and oxygen atoms in total. The molecule has 1 unspecified atom stereocenters. The van der Waals surface area contributed by atoms with E-state index in [4.69, 9.17) is 11.6 Å². The number of thiazole rings is 1. The van der Waals surface area contributed by atoms with Crippen molar-refractivity contribution in [3.05, 3.63) is 68.7 Å². The van der Waals surface area contributed by atoms with Gasteiger partial charge in [-0.05, 0) is 38.0 Å². The van der Waals surface area contributed by atoms with Crippen LogP contribution in [0.5, 0.6) is 0 Å². The Labute approximate surface area is 256 Å². The molecule has 1 atom stereocenters. The second-order valence-electron chi connectivity index (χ2n) is 10.6. The van der Waals surface area contributed by atoms with Crippen LogP contribution < -0.4 is 10.6 Å². The van der Waals surface area contributed by atoms with Crippen LogP contribution in [-0.2, 0) is 15.5 Å².